The van der Waals surface area contributed by atoms with Crippen molar-refractivity contribution in [3.8, 4) is 0 Å². The zero-order valence-electron chi connectivity index (χ0n) is 19.5. The predicted molar refractivity (Wildman–Crippen MR) is 125 cm³/mol. The van der Waals surface area contributed by atoms with Crippen LogP contribution in [0.3, 0.4) is 0 Å². The van der Waals surface area contributed by atoms with Crippen LogP contribution in [0.25, 0.3) is 0 Å². The summed E-state index contributed by atoms with van der Waals surface area (Å²) in [5.74, 6) is 0.758. The van der Waals surface area contributed by atoms with E-state index in [9.17, 15) is 4.79 Å². The van der Waals surface area contributed by atoms with Crippen molar-refractivity contribution < 1.29 is 14.3 Å². The number of anilines is 1. The number of rotatable bonds is 3. The molecule has 0 radical (unpaired) electrons. The molecule has 5 fully saturated rings. The number of epoxide rings is 1. The smallest absolute Gasteiger partial charge is 0.311 e. The van der Waals surface area contributed by atoms with Gasteiger partial charge < -0.3 is 14.4 Å². The molecule has 2 saturated carbocycles. The lowest BCUT2D eigenvalue weighted by Gasteiger charge is -2.49. The van der Waals surface area contributed by atoms with Crippen molar-refractivity contribution in [3.63, 3.8) is 0 Å². The van der Waals surface area contributed by atoms with Crippen molar-refractivity contribution in [2.24, 2.45) is 23.2 Å². The second-order valence-corrected chi connectivity index (χ2v) is 11.7. The average Bonchev–Trinajstić information content (AvgIpc) is 3.45. The number of carbonyl (C=O) groups is 1. The topological polar surface area (TPSA) is 45.3 Å². The molecule has 32 heavy (non-hydrogen) atoms. The van der Waals surface area contributed by atoms with Crippen LogP contribution in [0.15, 0.2) is 18.2 Å². The number of benzene rings is 1. The Morgan fingerprint density at radius 2 is 2.00 bits per heavy atom. The second kappa shape index (κ2) is 7.35. The summed E-state index contributed by atoms with van der Waals surface area (Å²) in [6.45, 7) is 11.5. The minimum Gasteiger partial charge on any atom is -0.462 e. The van der Waals surface area contributed by atoms with Crippen molar-refractivity contribution in [2.45, 2.75) is 64.3 Å². The molecule has 1 spiro atoms. The van der Waals surface area contributed by atoms with E-state index in [1.165, 1.54) is 30.5 Å². The van der Waals surface area contributed by atoms with E-state index in [0.717, 1.165) is 44.2 Å². The van der Waals surface area contributed by atoms with Gasteiger partial charge in [-0.3, -0.25) is 9.69 Å². The first kappa shape index (κ1) is 21.2. The molecule has 0 unspecified atom stereocenters. The number of esters is 1. The zero-order valence-corrected chi connectivity index (χ0v) is 20.2. The van der Waals surface area contributed by atoms with Crippen LogP contribution in [0.2, 0.25) is 5.02 Å². The molecule has 1 aromatic carbocycles. The van der Waals surface area contributed by atoms with Gasteiger partial charge in [-0.25, -0.2) is 0 Å². The van der Waals surface area contributed by atoms with Crippen LogP contribution in [0.1, 0.15) is 45.1 Å². The fraction of sp³-hybridized carbons (Fsp3) is 0.731. The molecule has 5 aliphatic rings. The quantitative estimate of drug-likeness (QED) is 0.499. The van der Waals surface area contributed by atoms with Gasteiger partial charge in [0.25, 0.3) is 0 Å². The summed E-state index contributed by atoms with van der Waals surface area (Å²) in [7, 11) is 0. The van der Waals surface area contributed by atoms with Crippen molar-refractivity contribution in [1.82, 2.24) is 4.90 Å². The van der Waals surface area contributed by atoms with E-state index in [1.54, 1.807) is 0 Å². The van der Waals surface area contributed by atoms with Gasteiger partial charge in [0.15, 0.2) is 0 Å². The van der Waals surface area contributed by atoms with Gasteiger partial charge in [0.1, 0.15) is 11.7 Å². The summed E-state index contributed by atoms with van der Waals surface area (Å²) >= 11 is 6.24. The number of hydrogen-bond donors (Lipinski definition) is 0. The number of piperazine rings is 1. The molecule has 3 aliphatic heterocycles. The highest BCUT2D eigenvalue weighted by atomic mass is 35.5. The number of fused-ring (bicyclic) bond motifs is 2. The minimum atomic E-state index is -0.0532. The number of carbonyl (C=O) groups excluding carboxylic acids is 1. The number of halogens is 1. The number of ether oxygens (including phenoxy) is 2. The highest BCUT2D eigenvalue weighted by molar-refractivity contribution is 6.30. The summed E-state index contributed by atoms with van der Waals surface area (Å²) in [5, 5.41) is 0.785. The van der Waals surface area contributed by atoms with Crippen molar-refractivity contribution in [1.29, 1.82) is 0 Å². The Morgan fingerprint density at radius 1 is 1.22 bits per heavy atom. The van der Waals surface area contributed by atoms with Crippen LogP contribution in [-0.2, 0) is 14.3 Å². The molecule has 0 bridgehead atoms. The molecule has 0 N–H and O–H groups in total. The zero-order chi connectivity index (χ0) is 22.3. The second-order valence-electron chi connectivity index (χ2n) is 11.3. The summed E-state index contributed by atoms with van der Waals surface area (Å²) in [5.41, 5.74) is 2.63. The highest BCUT2D eigenvalue weighted by Crippen LogP contribution is 2.70. The van der Waals surface area contributed by atoms with Gasteiger partial charge in [0.05, 0.1) is 12.0 Å². The van der Waals surface area contributed by atoms with Crippen LogP contribution in [0.5, 0.6) is 0 Å². The third-order valence-corrected chi connectivity index (χ3v) is 9.77. The van der Waals surface area contributed by atoms with Gasteiger partial charge in [0.2, 0.25) is 0 Å². The molecule has 6 heteroatoms. The lowest BCUT2D eigenvalue weighted by atomic mass is 9.53. The lowest BCUT2D eigenvalue weighted by Crippen LogP contribution is -2.55. The van der Waals surface area contributed by atoms with E-state index in [1.807, 2.05) is 6.07 Å². The van der Waals surface area contributed by atoms with Crippen LogP contribution in [-0.4, -0.2) is 61.4 Å². The Balaban J connectivity index is 1.15. The number of hydrogen-bond acceptors (Lipinski definition) is 5. The Morgan fingerprint density at radius 3 is 2.78 bits per heavy atom. The van der Waals surface area contributed by atoms with E-state index in [-0.39, 0.29) is 41.0 Å². The van der Waals surface area contributed by atoms with Gasteiger partial charge in [-0.1, -0.05) is 37.9 Å². The number of aryl methyl sites for hydroxylation is 1. The van der Waals surface area contributed by atoms with E-state index in [4.69, 9.17) is 21.1 Å². The molecule has 0 aromatic heterocycles. The molecule has 7 atom stereocenters. The maximum atomic E-state index is 13.0. The normalized spacial score (nSPS) is 43.3. The Bertz CT molecular complexity index is 932. The first-order chi connectivity index (χ1) is 15.3. The van der Waals surface area contributed by atoms with Crippen LogP contribution < -0.4 is 4.90 Å². The van der Waals surface area contributed by atoms with E-state index < -0.39 is 0 Å². The summed E-state index contributed by atoms with van der Waals surface area (Å²) in [6.07, 6.45) is 4.92. The van der Waals surface area contributed by atoms with E-state index in [2.05, 4.69) is 42.7 Å². The molecule has 0 amide bonds. The van der Waals surface area contributed by atoms with E-state index in [0.29, 0.717) is 5.92 Å². The summed E-state index contributed by atoms with van der Waals surface area (Å²) in [4.78, 5) is 17.9. The van der Waals surface area contributed by atoms with Gasteiger partial charge in [-0.2, -0.15) is 0 Å². The molecule has 174 valence electrons. The SMILES string of the molecule is Cc1ccc(Cl)cc1N1CCN(C[C@H]2C(=O)O[C@@H]3C[C@]4(C)CCC[C@H](C)[C@]45O[C@H]5[C@H]32)CC1. The van der Waals surface area contributed by atoms with Crippen LogP contribution in [0, 0.1) is 30.1 Å². The van der Waals surface area contributed by atoms with E-state index >= 15 is 0 Å². The first-order valence-corrected chi connectivity index (χ1v) is 12.8. The standard InChI is InChI=1S/C26H35ClN2O3/c1-16-6-7-18(27)13-20(16)29-11-9-28(10-12-29)15-19-22-21(31-24(19)30)14-25(3)8-4-5-17(2)26(25)23(22)32-26/h6-7,13,17,19,21-23H,4-5,8-12,14-15H2,1-3H3/t17-,19+,21+,22-,23-,25-,26+/m0/s1. The molecular formula is C26H35ClN2O3. The highest BCUT2D eigenvalue weighted by Gasteiger charge is 2.78. The molecule has 2 aliphatic carbocycles. The first-order valence-electron chi connectivity index (χ1n) is 12.4. The average molecular weight is 459 g/mol. The van der Waals surface area contributed by atoms with Crippen LogP contribution >= 0.6 is 11.6 Å². The maximum absolute atomic E-state index is 13.0. The van der Waals surface area contributed by atoms with Gasteiger partial charge in [-0.05, 0) is 49.8 Å². The predicted octanol–water partition coefficient (Wildman–Crippen LogP) is 4.30. The fourth-order valence-corrected chi connectivity index (χ4v) is 7.98. The third kappa shape index (κ3) is 3.00. The number of nitrogens with zero attached hydrogens (tertiary/aromatic N) is 2. The molecular weight excluding hydrogens is 424 g/mol. The summed E-state index contributed by atoms with van der Waals surface area (Å²) in [6, 6.07) is 6.11. The van der Waals surface area contributed by atoms with Gasteiger partial charge in [0, 0.05) is 54.8 Å². The molecule has 5 nitrogen and oxygen atoms in total. The Labute approximate surface area is 196 Å². The molecule has 6 rings (SSSR count). The minimum absolute atomic E-state index is 0.00802. The molecule has 3 saturated heterocycles. The Hall–Kier alpha value is -1.30. The van der Waals surface area contributed by atoms with Crippen molar-refractivity contribution in [2.75, 3.05) is 37.6 Å². The molecule has 1 aromatic rings. The van der Waals surface area contributed by atoms with Crippen molar-refractivity contribution in [3.05, 3.63) is 28.8 Å². The largest absolute Gasteiger partial charge is 0.462 e. The van der Waals surface area contributed by atoms with Crippen molar-refractivity contribution >= 4 is 23.3 Å². The summed E-state index contributed by atoms with van der Waals surface area (Å²) < 4.78 is 12.6. The van der Waals surface area contributed by atoms with Crippen LogP contribution in [0.4, 0.5) is 5.69 Å². The lowest BCUT2D eigenvalue weighted by molar-refractivity contribution is -0.146. The maximum Gasteiger partial charge on any atom is 0.311 e. The third-order valence-electron chi connectivity index (χ3n) is 9.53. The fourth-order valence-electron chi connectivity index (χ4n) is 7.82. The van der Waals surface area contributed by atoms with Gasteiger partial charge >= 0.3 is 5.97 Å². The Kier molecular flexibility index (Phi) is 4.88. The van der Waals surface area contributed by atoms with Gasteiger partial charge in [-0.15, -0.1) is 0 Å². The monoisotopic (exact) mass is 458 g/mol. The molecule has 3 heterocycles.